The van der Waals surface area contributed by atoms with Crippen LogP contribution in [0, 0.1) is 4.77 Å². The average molecular weight is 413 g/mol. The number of ether oxygens (including phenoxy) is 1. The number of aromatic nitrogens is 4. The molecule has 7 nitrogen and oxygen atoms in total. The van der Waals surface area contributed by atoms with E-state index < -0.39 is 0 Å². The van der Waals surface area contributed by atoms with Crippen molar-refractivity contribution < 1.29 is 14.7 Å². The maximum atomic E-state index is 10.0. The van der Waals surface area contributed by atoms with Gasteiger partial charge in [0, 0.05) is 18.0 Å². The van der Waals surface area contributed by atoms with E-state index in [1.165, 1.54) is 4.90 Å². The summed E-state index contributed by atoms with van der Waals surface area (Å²) in [4.78, 5) is 5.41. The first-order valence-electron chi connectivity index (χ1n) is 10.0. The molecule has 0 amide bonds. The summed E-state index contributed by atoms with van der Waals surface area (Å²) in [5, 5.41) is 14.9. The van der Waals surface area contributed by atoms with E-state index in [0.29, 0.717) is 18.0 Å². The molecule has 3 aromatic rings. The van der Waals surface area contributed by atoms with Gasteiger partial charge in [0.2, 0.25) is 4.77 Å². The number of piperidine rings is 1. The molecule has 1 aliphatic rings. The van der Waals surface area contributed by atoms with Crippen LogP contribution in [-0.2, 0) is 6.67 Å². The van der Waals surface area contributed by atoms with Crippen molar-refractivity contribution in [3.05, 3.63) is 53.6 Å². The van der Waals surface area contributed by atoms with Crippen LogP contribution in [0.3, 0.4) is 0 Å². The van der Waals surface area contributed by atoms with E-state index in [1.807, 2.05) is 52.6 Å². The molecule has 1 unspecified atom stereocenters. The molecule has 2 N–H and O–H groups in total. The van der Waals surface area contributed by atoms with Gasteiger partial charge in [0.15, 0.2) is 12.5 Å². The Hall–Kier alpha value is -2.55. The highest BCUT2D eigenvalue weighted by Crippen LogP contribution is 2.23. The van der Waals surface area contributed by atoms with Gasteiger partial charge in [0.25, 0.3) is 0 Å². The van der Waals surface area contributed by atoms with E-state index in [-0.39, 0.29) is 6.10 Å². The number of aliphatic hydroxyl groups is 1. The molecular formula is C21H26N5O2S+. The number of aliphatic hydroxyl groups excluding tert-OH is 1. The zero-order valence-corrected chi connectivity index (χ0v) is 17.3. The van der Waals surface area contributed by atoms with E-state index in [9.17, 15) is 5.11 Å². The Balaban J connectivity index is 1.74. The third-order valence-electron chi connectivity index (χ3n) is 5.15. The zero-order valence-electron chi connectivity index (χ0n) is 16.5. The summed E-state index contributed by atoms with van der Waals surface area (Å²) in [7, 11) is 0. The third-order valence-corrected chi connectivity index (χ3v) is 5.54. The monoisotopic (exact) mass is 412 g/mol. The molecule has 1 aliphatic heterocycles. The Morgan fingerprint density at radius 1 is 1.21 bits per heavy atom. The van der Waals surface area contributed by atoms with E-state index >= 15 is 0 Å². The van der Waals surface area contributed by atoms with Gasteiger partial charge >= 0.3 is 0 Å². The van der Waals surface area contributed by atoms with Gasteiger partial charge in [-0.05, 0) is 68.4 Å². The van der Waals surface area contributed by atoms with Gasteiger partial charge in [-0.25, -0.2) is 0 Å². The summed E-state index contributed by atoms with van der Waals surface area (Å²) < 4.78 is 10.1. The van der Waals surface area contributed by atoms with Crippen molar-refractivity contribution in [1.29, 1.82) is 0 Å². The van der Waals surface area contributed by atoms with Crippen LogP contribution in [0.15, 0.2) is 48.8 Å². The van der Waals surface area contributed by atoms with Crippen LogP contribution >= 0.6 is 12.2 Å². The number of hydrogen-bond donors (Lipinski definition) is 2. The maximum absolute atomic E-state index is 10.0. The number of hydrogen-bond acceptors (Lipinski definition) is 5. The molecule has 0 bridgehead atoms. The Bertz CT molecular complexity index is 1000. The van der Waals surface area contributed by atoms with Gasteiger partial charge in [-0.15, -0.1) is 5.10 Å². The molecule has 4 rings (SSSR count). The number of pyridine rings is 1. The zero-order chi connectivity index (χ0) is 20.2. The molecule has 2 aromatic heterocycles. The molecule has 29 heavy (non-hydrogen) atoms. The number of nitrogens with one attached hydrogen (secondary N) is 1. The molecule has 0 saturated carbocycles. The second-order valence-corrected chi connectivity index (χ2v) is 7.63. The van der Waals surface area contributed by atoms with Gasteiger partial charge in [-0.3, -0.25) is 9.55 Å². The standard InChI is InChI=1S/C21H25N5O2S/c1-2-28-19-7-5-17(6-8-19)26-20(16-9-11-22-12-10-16)23-25(21(26)29)15-24-13-3-4-18(27)14-24/h5-12,18,27H,2-4,13-15H2,1H3/p+1/t18-/m1/s1. The van der Waals surface area contributed by atoms with Crippen LogP contribution in [0.4, 0.5) is 0 Å². The van der Waals surface area contributed by atoms with Gasteiger partial charge in [0.1, 0.15) is 18.4 Å². The molecule has 0 spiro atoms. The van der Waals surface area contributed by atoms with Crippen molar-refractivity contribution in [3.8, 4) is 22.8 Å². The molecule has 2 atom stereocenters. The first-order valence-corrected chi connectivity index (χ1v) is 10.4. The predicted molar refractivity (Wildman–Crippen MR) is 113 cm³/mol. The maximum Gasteiger partial charge on any atom is 0.207 e. The molecule has 1 aromatic carbocycles. The highest BCUT2D eigenvalue weighted by atomic mass is 32.1. The Kier molecular flexibility index (Phi) is 6.03. The minimum absolute atomic E-state index is 0.249. The molecule has 1 saturated heterocycles. The minimum atomic E-state index is -0.249. The minimum Gasteiger partial charge on any atom is -0.494 e. The topological polar surface area (TPSA) is 69.5 Å². The van der Waals surface area contributed by atoms with E-state index in [2.05, 4.69) is 4.98 Å². The largest absolute Gasteiger partial charge is 0.494 e. The van der Waals surface area contributed by atoms with Crippen molar-refractivity contribution in [1.82, 2.24) is 19.3 Å². The lowest BCUT2D eigenvalue weighted by Crippen LogP contribution is -3.13. The predicted octanol–water partition coefficient (Wildman–Crippen LogP) is 1.86. The fourth-order valence-corrected chi connectivity index (χ4v) is 4.07. The number of quaternary nitrogens is 1. The van der Waals surface area contributed by atoms with Crippen LogP contribution in [-0.4, -0.2) is 50.2 Å². The second-order valence-electron chi connectivity index (χ2n) is 7.26. The van der Waals surface area contributed by atoms with Gasteiger partial charge in [0.05, 0.1) is 18.8 Å². The number of rotatable bonds is 6. The van der Waals surface area contributed by atoms with E-state index in [1.54, 1.807) is 12.4 Å². The van der Waals surface area contributed by atoms with Crippen LogP contribution in [0.25, 0.3) is 17.1 Å². The molecule has 8 heteroatoms. The highest BCUT2D eigenvalue weighted by molar-refractivity contribution is 7.71. The second kappa shape index (κ2) is 8.86. The summed E-state index contributed by atoms with van der Waals surface area (Å²) >= 11 is 5.82. The fraction of sp³-hybridized carbons (Fsp3) is 0.381. The van der Waals surface area contributed by atoms with Gasteiger partial charge < -0.3 is 14.7 Å². The lowest BCUT2D eigenvalue weighted by atomic mass is 10.1. The van der Waals surface area contributed by atoms with Crippen molar-refractivity contribution >= 4 is 12.2 Å². The summed E-state index contributed by atoms with van der Waals surface area (Å²) in [5.74, 6) is 1.60. The van der Waals surface area contributed by atoms with Crippen LogP contribution in [0.2, 0.25) is 0 Å². The third kappa shape index (κ3) is 4.39. The molecule has 0 aliphatic carbocycles. The first kappa shape index (κ1) is 19.8. The van der Waals surface area contributed by atoms with Crippen molar-refractivity contribution in [2.24, 2.45) is 0 Å². The van der Waals surface area contributed by atoms with Crippen LogP contribution < -0.4 is 9.64 Å². The molecular weight excluding hydrogens is 386 g/mol. The first-order chi connectivity index (χ1) is 14.2. The van der Waals surface area contributed by atoms with Crippen molar-refractivity contribution in [2.45, 2.75) is 32.5 Å². The molecule has 0 radical (unpaired) electrons. The Morgan fingerprint density at radius 2 is 1.97 bits per heavy atom. The summed E-state index contributed by atoms with van der Waals surface area (Å²) in [6, 6.07) is 11.7. The van der Waals surface area contributed by atoms with Gasteiger partial charge in [-0.2, -0.15) is 4.68 Å². The number of likely N-dealkylation sites (tertiary alicyclic amines) is 1. The SMILES string of the molecule is CCOc1ccc(-n2c(-c3ccncc3)nn(C[NH+]3CCC[C@@H](O)C3)c2=S)cc1. The number of benzene rings is 1. The Morgan fingerprint density at radius 3 is 2.66 bits per heavy atom. The highest BCUT2D eigenvalue weighted by Gasteiger charge is 2.23. The summed E-state index contributed by atoms with van der Waals surface area (Å²) in [6.45, 7) is 4.97. The van der Waals surface area contributed by atoms with Crippen molar-refractivity contribution in [3.63, 3.8) is 0 Å². The van der Waals surface area contributed by atoms with Gasteiger partial charge in [-0.1, -0.05) is 0 Å². The smallest absolute Gasteiger partial charge is 0.207 e. The van der Waals surface area contributed by atoms with Crippen molar-refractivity contribution in [2.75, 3.05) is 19.7 Å². The fourth-order valence-electron chi connectivity index (χ4n) is 3.77. The summed E-state index contributed by atoms with van der Waals surface area (Å²) in [5.41, 5.74) is 1.89. The molecule has 152 valence electrons. The summed E-state index contributed by atoms with van der Waals surface area (Å²) in [6.07, 6.45) is 5.15. The molecule has 1 fully saturated rings. The molecule has 3 heterocycles. The lowest BCUT2D eigenvalue weighted by Gasteiger charge is -2.26. The van der Waals surface area contributed by atoms with Crippen LogP contribution in [0.5, 0.6) is 5.75 Å². The van der Waals surface area contributed by atoms with E-state index in [0.717, 1.165) is 48.8 Å². The van der Waals surface area contributed by atoms with E-state index in [4.69, 9.17) is 22.1 Å². The quantitative estimate of drug-likeness (QED) is 0.605. The average Bonchev–Trinajstić information content (AvgIpc) is 3.06. The Labute approximate surface area is 175 Å². The van der Waals surface area contributed by atoms with Crippen LogP contribution in [0.1, 0.15) is 19.8 Å². The normalized spacial score (nSPS) is 19.2. The number of nitrogens with zero attached hydrogens (tertiary/aromatic N) is 4. The lowest BCUT2D eigenvalue weighted by molar-refractivity contribution is -0.931.